The molecule has 0 aliphatic heterocycles. The molecule has 0 heterocycles. The minimum absolute atomic E-state index is 0.168. The fourth-order valence-corrected chi connectivity index (χ4v) is 2.47. The number of amides is 1. The lowest BCUT2D eigenvalue weighted by Crippen LogP contribution is -2.20. The van der Waals surface area contributed by atoms with Crippen molar-refractivity contribution in [3.05, 3.63) is 50.5 Å². The highest BCUT2D eigenvalue weighted by Gasteiger charge is 2.10. The minimum atomic E-state index is -0.363. The van der Waals surface area contributed by atoms with E-state index in [0.717, 1.165) is 11.1 Å². The molecule has 0 unspecified atom stereocenters. The van der Waals surface area contributed by atoms with Crippen LogP contribution in [0.1, 0.15) is 11.1 Å². The van der Waals surface area contributed by atoms with Crippen molar-refractivity contribution >= 4 is 52.1 Å². The molecule has 3 N–H and O–H groups in total. The lowest BCUT2D eigenvalue weighted by molar-refractivity contribution is -0.118. The summed E-state index contributed by atoms with van der Waals surface area (Å²) in [5.41, 5.74) is 8.12. The smallest absolute Gasteiger partial charge is 0.262 e. The molecule has 2 rings (SSSR count). The lowest BCUT2D eigenvalue weighted by atomic mass is 10.1. The summed E-state index contributed by atoms with van der Waals surface area (Å²) in [4.78, 5) is 12.0. The van der Waals surface area contributed by atoms with Gasteiger partial charge in [-0.3, -0.25) is 4.79 Å². The summed E-state index contributed by atoms with van der Waals surface area (Å²) in [6, 6.07) is 6.52. The van der Waals surface area contributed by atoms with Crippen LogP contribution >= 0.6 is 34.8 Å². The molecular formula is C16H15Cl3N2O2. The molecule has 1 amide bonds. The quantitative estimate of drug-likeness (QED) is 0.752. The number of hydrogen-bond donors (Lipinski definition) is 2. The van der Waals surface area contributed by atoms with Crippen LogP contribution in [0.15, 0.2) is 24.3 Å². The molecule has 23 heavy (non-hydrogen) atoms. The molecule has 122 valence electrons. The predicted molar refractivity (Wildman–Crippen MR) is 95.9 cm³/mol. The highest BCUT2D eigenvalue weighted by Crippen LogP contribution is 2.31. The second-order valence-corrected chi connectivity index (χ2v) is 6.25. The minimum Gasteiger partial charge on any atom is -0.484 e. The van der Waals surface area contributed by atoms with Gasteiger partial charge in [0.15, 0.2) is 6.61 Å². The van der Waals surface area contributed by atoms with Gasteiger partial charge in [-0.2, -0.15) is 0 Å². The summed E-state index contributed by atoms with van der Waals surface area (Å²) >= 11 is 18.0. The molecule has 2 aromatic carbocycles. The number of nitrogens with two attached hydrogens (primary N) is 1. The standard InChI is InChI=1S/C16H15Cl3N2O2/c1-8-3-10(4-9(2)16(8)19)23-7-15(22)21-14-6-11(17)13(20)5-12(14)18/h3-6H,7,20H2,1-2H3,(H,21,22). The third kappa shape index (κ3) is 4.44. The molecular weight excluding hydrogens is 359 g/mol. The van der Waals surface area contributed by atoms with Crippen molar-refractivity contribution in [2.75, 3.05) is 17.7 Å². The molecule has 0 atom stereocenters. The van der Waals surface area contributed by atoms with Crippen molar-refractivity contribution in [1.29, 1.82) is 0 Å². The van der Waals surface area contributed by atoms with Gasteiger partial charge < -0.3 is 15.8 Å². The van der Waals surface area contributed by atoms with Gasteiger partial charge in [0.1, 0.15) is 5.75 Å². The fourth-order valence-electron chi connectivity index (χ4n) is 1.98. The molecule has 7 heteroatoms. The Kier molecular flexibility index (Phi) is 5.63. The highest BCUT2D eigenvalue weighted by atomic mass is 35.5. The Morgan fingerprint density at radius 3 is 2.30 bits per heavy atom. The normalized spacial score (nSPS) is 10.5. The SMILES string of the molecule is Cc1cc(OCC(=O)Nc2cc(Cl)c(N)cc2Cl)cc(C)c1Cl. The van der Waals surface area contributed by atoms with E-state index in [9.17, 15) is 4.79 Å². The van der Waals surface area contributed by atoms with Crippen LogP contribution < -0.4 is 15.8 Å². The van der Waals surface area contributed by atoms with Gasteiger partial charge in [-0.25, -0.2) is 0 Å². The molecule has 0 radical (unpaired) electrons. The molecule has 0 aliphatic carbocycles. The van der Waals surface area contributed by atoms with Crippen molar-refractivity contribution in [3.63, 3.8) is 0 Å². The fraction of sp³-hybridized carbons (Fsp3) is 0.188. The van der Waals surface area contributed by atoms with Crippen molar-refractivity contribution in [2.45, 2.75) is 13.8 Å². The number of aryl methyl sites for hydroxylation is 2. The Morgan fingerprint density at radius 2 is 1.70 bits per heavy atom. The van der Waals surface area contributed by atoms with E-state index in [4.69, 9.17) is 45.3 Å². The van der Waals surface area contributed by atoms with Gasteiger partial charge >= 0.3 is 0 Å². The Hall–Kier alpha value is -1.62. The molecule has 0 spiro atoms. The second kappa shape index (κ2) is 7.30. The summed E-state index contributed by atoms with van der Waals surface area (Å²) < 4.78 is 5.48. The third-order valence-electron chi connectivity index (χ3n) is 3.14. The van der Waals surface area contributed by atoms with Crippen LogP contribution in [0.25, 0.3) is 0 Å². The molecule has 0 saturated heterocycles. The first-order chi connectivity index (χ1) is 10.8. The summed E-state index contributed by atoms with van der Waals surface area (Å²) in [5.74, 6) is 0.207. The molecule has 0 aliphatic rings. The van der Waals surface area contributed by atoms with Crippen molar-refractivity contribution in [2.24, 2.45) is 0 Å². The van der Waals surface area contributed by atoms with Gasteiger partial charge in [0.2, 0.25) is 0 Å². The maximum atomic E-state index is 12.0. The maximum Gasteiger partial charge on any atom is 0.262 e. The van der Waals surface area contributed by atoms with Crippen LogP contribution in [0.3, 0.4) is 0 Å². The number of ether oxygens (including phenoxy) is 1. The topological polar surface area (TPSA) is 64.3 Å². The zero-order valence-electron chi connectivity index (χ0n) is 12.5. The molecule has 0 fully saturated rings. The molecule has 4 nitrogen and oxygen atoms in total. The van der Waals surface area contributed by atoms with E-state index in [-0.39, 0.29) is 12.5 Å². The number of benzene rings is 2. The number of carbonyl (C=O) groups excluding carboxylic acids is 1. The average Bonchev–Trinajstić information content (AvgIpc) is 2.48. The maximum absolute atomic E-state index is 12.0. The van der Waals surface area contributed by atoms with E-state index in [1.54, 1.807) is 12.1 Å². The van der Waals surface area contributed by atoms with E-state index in [0.29, 0.717) is 32.2 Å². The van der Waals surface area contributed by atoms with Crippen molar-refractivity contribution < 1.29 is 9.53 Å². The van der Waals surface area contributed by atoms with Crippen LogP contribution in [0, 0.1) is 13.8 Å². The molecule has 2 aromatic rings. The predicted octanol–water partition coefficient (Wildman–Crippen LogP) is 4.86. The van der Waals surface area contributed by atoms with Gasteiger partial charge in [-0.05, 0) is 49.2 Å². The Labute approximate surface area is 149 Å². The first kappa shape index (κ1) is 17.7. The monoisotopic (exact) mass is 372 g/mol. The Morgan fingerprint density at radius 1 is 1.09 bits per heavy atom. The largest absolute Gasteiger partial charge is 0.484 e. The van der Waals surface area contributed by atoms with Gasteiger partial charge in [-0.15, -0.1) is 0 Å². The van der Waals surface area contributed by atoms with Crippen molar-refractivity contribution in [1.82, 2.24) is 0 Å². The van der Waals surface area contributed by atoms with Crippen LogP contribution in [0.5, 0.6) is 5.75 Å². The average molecular weight is 374 g/mol. The number of carbonyl (C=O) groups is 1. The van der Waals surface area contributed by atoms with Gasteiger partial charge in [0, 0.05) is 5.02 Å². The summed E-state index contributed by atoms with van der Waals surface area (Å²) in [6.07, 6.45) is 0. The van der Waals surface area contributed by atoms with E-state index in [1.807, 2.05) is 13.8 Å². The van der Waals surface area contributed by atoms with E-state index in [2.05, 4.69) is 5.32 Å². The van der Waals surface area contributed by atoms with Gasteiger partial charge in [0.25, 0.3) is 5.91 Å². The highest BCUT2D eigenvalue weighted by molar-refractivity contribution is 6.37. The number of rotatable bonds is 4. The summed E-state index contributed by atoms with van der Waals surface area (Å²) in [7, 11) is 0. The first-order valence-electron chi connectivity index (χ1n) is 6.72. The number of halogens is 3. The van der Waals surface area contributed by atoms with Crippen LogP contribution in [0.4, 0.5) is 11.4 Å². The Balaban J connectivity index is 2.02. The van der Waals surface area contributed by atoms with E-state index < -0.39 is 0 Å². The van der Waals surface area contributed by atoms with Crippen molar-refractivity contribution in [3.8, 4) is 5.75 Å². The molecule has 0 saturated carbocycles. The zero-order valence-corrected chi connectivity index (χ0v) is 14.8. The van der Waals surface area contributed by atoms with Crippen LogP contribution in [-0.4, -0.2) is 12.5 Å². The lowest BCUT2D eigenvalue weighted by Gasteiger charge is -2.11. The van der Waals surface area contributed by atoms with Crippen LogP contribution in [0.2, 0.25) is 15.1 Å². The Bertz CT molecular complexity index is 740. The van der Waals surface area contributed by atoms with E-state index >= 15 is 0 Å². The molecule has 0 aromatic heterocycles. The molecule has 0 bridgehead atoms. The van der Waals surface area contributed by atoms with E-state index in [1.165, 1.54) is 12.1 Å². The number of anilines is 2. The van der Waals surface area contributed by atoms with Gasteiger partial charge in [-0.1, -0.05) is 34.8 Å². The summed E-state index contributed by atoms with van der Waals surface area (Å²) in [5, 5.41) is 3.93. The number of hydrogen-bond acceptors (Lipinski definition) is 3. The van der Waals surface area contributed by atoms with Gasteiger partial charge in [0.05, 0.1) is 21.4 Å². The first-order valence-corrected chi connectivity index (χ1v) is 7.85. The zero-order chi connectivity index (χ0) is 17.1. The summed E-state index contributed by atoms with van der Waals surface area (Å²) in [6.45, 7) is 3.58. The van der Waals surface area contributed by atoms with Crippen LogP contribution in [-0.2, 0) is 4.79 Å². The third-order valence-corrected chi connectivity index (χ3v) is 4.38. The second-order valence-electron chi connectivity index (χ2n) is 5.06. The number of nitrogen functional groups attached to an aromatic ring is 1. The number of nitrogens with one attached hydrogen (secondary N) is 1.